The van der Waals surface area contributed by atoms with Crippen molar-refractivity contribution in [2.75, 3.05) is 24.7 Å². The highest BCUT2D eigenvalue weighted by molar-refractivity contribution is 7.99. The Kier molecular flexibility index (Phi) is 6.05. The minimum atomic E-state index is -4.57. The van der Waals surface area contributed by atoms with E-state index in [9.17, 15) is 22.8 Å². The van der Waals surface area contributed by atoms with Crippen LogP contribution in [0.25, 0.3) is 6.08 Å². The quantitative estimate of drug-likeness (QED) is 0.699. The molecule has 0 N–H and O–H groups in total. The summed E-state index contributed by atoms with van der Waals surface area (Å²) in [6.45, 7) is 1.42. The van der Waals surface area contributed by atoms with Crippen LogP contribution in [0.3, 0.4) is 0 Å². The van der Waals surface area contributed by atoms with Crippen LogP contribution in [0.4, 0.5) is 13.2 Å². The fourth-order valence-electron chi connectivity index (χ4n) is 3.14. The van der Waals surface area contributed by atoms with Crippen LogP contribution in [0.1, 0.15) is 24.0 Å². The van der Waals surface area contributed by atoms with Gasteiger partial charge < -0.3 is 9.80 Å². The molecule has 2 heterocycles. The molecule has 2 fully saturated rings. The minimum Gasteiger partial charge on any atom is -0.341 e. The number of rotatable bonds is 3. The summed E-state index contributed by atoms with van der Waals surface area (Å²) >= 11 is 7.09. The molecule has 2 aliphatic rings. The molecule has 0 aromatic heterocycles. The zero-order valence-corrected chi connectivity index (χ0v) is 15.9. The van der Waals surface area contributed by atoms with E-state index in [4.69, 9.17) is 11.6 Å². The van der Waals surface area contributed by atoms with Gasteiger partial charge in [-0.3, -0.25) is 9.59 Å². The second-order valence-corrected chi connectivity index (χ2v) is 7.83. The number of thioether (sulfide) groups is 1. The Morgan fingerprint density at radius 1 is 1.22 bits per heavy atom. The number of halogens is 4. The van der Waals surface area contributed by atoms with E-state index in [-0.39, 0.29) is 17.4 Å². The van der Waals surface area contributed by atoms with E-state index in [0.717, 1.165) is 25.0 Å². The van der Waals surface area contributed by atoms with Crippen LogP contribution in [0.2, 0.25) is 5.02 Å². The molecule has 0 saturated carbocycles. The van der Waals surface area contributed by atoms with Crippen LogP contribution in [0.5, 0.6) is 0 Å². The van der Waals surface area contributed by atoms with Crippen molar-refractivity contribution in [3.63, 3.8) is 0 Å². The molecule has 1 aromatic rings. The molecule has 1 unspecified atom stereocenters. The fraction of sp³-hybridized carbons (Fsp3) is 0.444. The molecule has 3 rings (SSSR count). The second kappa shape index (κ2) is 8.14. The number of hydrogen-bond acceptors (Lipinski definition) is 3. The molecule has 9 heteroatoms. The average molecular weight is 419 g/mol. The molecule has 146 valence electrons. The fourth-order valence-corrected chi connectivity index (χ4v) is 4.52. The van der Waals surface area contributed by atoms with Gasteiger partial charge in [0.05, 0.1) is 16.5 Å². The Balaban J connectivity index is 1.71. The maximum Gasteiger partial charge on any atom is 0.417 e. The normalized spacial score (nSPS) is 20.7. The van der Waals surface area contributed by atoms with Crippen molar-refractivity contribution >= 4 is 41.3 Å². The summed E-state index contributed by atoms with van der Waals surface area (Å²) in [6.07, 6.45) is -0.104. The molecule has 1 aromatic carbocycles. The molecular weight excluding hydrogens is 401 g/mol. The van der Waals surface area contributed by atoms with E-state index >= 15 is 0 Å². The highest BCUT2D eigenvalue weighted by atomic mass is 35.5. The highest BCUT2D eigenvalue weighted by Crippen LogP contribution is 2.35. The summed E-state index contributed by atoms with van der Waals surface area (Å²) in [6, 6.07) is 2.95. The molecular formula is C18H18ClF3N2O2S. The summed E-state index contributed by atoms with van der Waals surface area (Å²) in [4.78, 5) is 28.3. The average Bonchev–Trinajstić information content (AvgIpc) is 3.30. The summed E-state index contributed by atoms with van der Waals surface area (Å²) in [5, 5.41) is -0.391. The van der Waals surface area contributed by atoms with E-state index in [1.165, 1.54) is 34.9 Å². The monoisotopic (exact) mass is 418 g/mol. The largest absolute Gasteiger partial charge is 0.417 e. The summed E-state index contributed by atoms with van der Waals surface area (Å²) < 4.78 is 38.8. The lowest BCUT2D eigenvalue weighted by molar-refractivity contribution is -0.140. The summed E-state index contributed by atoms with van der Waals surface area (Å²) in [7, 11) is 0. The molecule has 2 amide bonds. The van der Waals surface area contributed by atoms with Crippen molar-refractivity contribution < 1.29 is 22.8 Å². The van der Waals surface area contributed by atoms with Crippen LogP contribution in [0.15, 0.2) is 24.3 Å². The summed E-state index contributed by atoms with van der Waals surface area (Å²) in [5.41, 5.74) is -0.730. The number of alkyl halides is 3. The number of carbonyl (C=O) groups is 2. The van der Waals surface area contributed by atoms with Crippen LogP contribution in [-0.2, 0) is 15.8 Å². The van der Waals surface area contributed by atoms with E-state index in [1.54, 1.807) is 4.90 Å². The first-order chi connectivity index (χ1) is 12.8. The Hall–Kier alpha value is -1.67. The third kappa shape index (κ3) is 4.60. The minimum absolute atomic E-state index is 0.0508. The number of benzene rings is 1. The van der Waals surface area contributed by atoms with Gasteiger partial charge in [0.25, 0.3) is 0 Å². The lowest BCUT2D eigenvalue weighted by Gasteiger charge is -2.26. The number of nitrogens with zero attached hydrogens (tertiary/aromatic N) is 2. The number of likely N-dealkylation sites (tertiary alicyclic amines) is 1. The second-order valence-electron chi connectivity index (χ2n) is 6.43. The first-order valence-electron chi connectivity index (χ1n) is 8.49. The van der Waals surface area contributed by atoms with Gasteiger partial charge in [-0.05, 0) is 36.6 Å². The van der Waals surface area contributed by atoms with Gasteiger partial charge in [-0.1, -0.05) is 17.7 Å². The van der Waals surface area contributed by atoms with Gasteiger partial charge in [-0.25, -0.2) is 0 Å². The maximum atomic E-state index is 12.9. The molecule has 0 radical (unpaired) electrons. The van der Waals surface area contributed by atoms with E-state index in [0.29, 0.717) is 24.7 Å². The third-order valence-corrected chi connectivity index (χ3v) is 5.92. The SMILES string of the molecule is O=C(C1CSCN1C(=O)C=Cc1ccc(Cl)c(C(F)(F)F)c1)N1CCCC1. The van der Waals surface area contributed by atoms with Crippen LogP contribution in [0, 0.1) is 0 Å². The first kappa shape index (κ1) is 20.1. The molecule has 0 aliphatic carbocycles. The van der Waals surface area contributed by atoms with Gasteiger partial charge in [-0.2, -0.15) is 13.2 Å². The molecule has 1 atom stereocenters. The zero-order chi connectivity index (χ0) is 19.6. The predicted molar refractivity (Wildman–Crippen MR) is 99.3 cm³/mol. The number of amides is 2. The van der Waals surface area contributed by atoms with Crippen molar-refractivity contribution in [1.29, 1.82) is 0 Å². The van der Waals surface area contributed by atoms with Crippen LogP contribution < -0.4 is 0 Å². The predicted octanol–water partition coefficient (Wildman–Crippen LogP) is 3.90. The highest BCUT2D eigenvalue weighted by Gasteiger charge is 2.37. The smallest absolute Gasteiger partial charge is 0.341 e. The number of carbonyl (C=O) groups excluding carboxylic acids is 2. The topological polar surface area (TPSA) is 40.6 Å². The van der Waals surface area contributed by atoms with Gasteiger partial charge >= 0.3 is 6.18 Å². The Morgan fingerprint density at radius 2 is 1.93 bits per heavy atom. The number of hydrogen-bond donors (Lipinski definition) is 0. The van der Waals surface area contributed by atoms with Gasteiger partial charge in [0.2, 0.25) is 11.8 Å². The van der Waals surface area contributed by atoms with Crippen LogP contribution >= 0.6 is 23.4 Å². The molecule has 27 heavy (non-hydrogen) atoms. The van der Waals surface area contributed by atoms with E-state index in [2.05, 4.69) is 0 Å². The van der Waals surface area contributed by atoms with Crippen molar-refractivity contribution in [2.24, 2.45) is 0 Å². The molecule has 2 aliphatic heterocycles. The van der Waals surface area contributed by atoms with Gasteiger partial charge in [0, 0.05) is 24.9 Å². The Morgan fingerprint density at radius 3 is 2.59 bits per heavy atom. The maximum absolute atomic E-state index is 12.9. The molecule has 2 saturated heterocycles. The lowest BCUT2D eigenvalue weighted by Crippen LogP contribution is -2.47. The van der Waals surface area contributed by atoms with Gasteiger partial charge in [0.15, 0.2) is 0 Å². The standard InChI is InChI=1S/C18H18ClF3N2O2S/c19-14-5-3-12(9-13(14)18(20,21)22)4-6-16(25)24-11-27-10-15(24)17(26)23-7-1-2-8-23/h3-6,9,15H,1-2,7-8,10-11H2. The van der Waals surface area contributed by atoms with Crippen molar-refractivity contribution in [3.05, 3.63) is 40.4 Å². The van der Waals surface area contributed by atoms with E-state index in [1.807, 2.05) is 0 Å². The molecule has 0 spiro atoms. The van der Waals surface area contributed by atoms with Gasteiger partial charge in [-0.15, -0.1) is 11.8 Å². The van der Waals surface area contributed by atoms with E-state index < -0.39 is 22.8 Å². The summed E-state index contributed by atoms with van der Waals surface area (Å²) in [5.74, 6) is 0.488. The van der Waals surface area contributed by atoms with Crippen molar-refractivity contribution in [2.45, 2.75) is 25.1 Å². The molecule has 0 bridgehead atoms. The van der Waals surface area contributed by atoms with Crippen molar-refractivity contribution in [3.8, 4) is 0 Å². The Bertz CT molecular complexity index is 763. The Labute approximate surface area is 164 Å². The lowest BCUT2D eigenvalue weighted by atomic mass is 10.1. The van der Waals surface area contributed by atoms with Crippen molar-refractivity contribution in [1.82, 2.24) is 9.80 Å². The first-order valence-corrected chi connectivity index (χ1v) is 10.0. The third-order valence-electron chi connectivity index (χ3n) is 4.58. The molecule has 4 nitrogen and oxygen atoms in total. The van der Waals surface area contributed by atoms with Crippen LogP contribution in [-0.4, -0.2) is 52.4 Å². The van der Waals surface area contributed by atoms with Gasteiger partial charge in [0.1, 0.15) is 6.04 Å². The zero-order valence-electron chi connectivity index (χ0n) is 14.3.